The SMILES string of the molecule is CC1(CNc2nc(NN)ncc2[N+](=O)[O-])CCOCC1. The molecule has 1 fully saturated rings. The second-order valence-electron chi connectivity index (χ2n) is 5.11. The van der Waals surface area contributed by atoms with Crippen molar-refractivity contribution in [3.8, 4) is 0 Å². The fourth-order valence-corrected chi connectivity index (χ4v) is 2.05. The van der Waals surface area contributed by atoms with Crippen LogP contribution in [0.2, 0.25) is 0 Å². The number of anilines is 2. The molecule has 0 atom stereocenters. The number of nitro groups is 1. The Kier molecular flexibility index (Phi) is 4.30. The normalized spacial score (nSPS) is 17.5. The number of aromatic nitrogens is 2. The quantitative estimate of drug-likeness (QED) is 0.413. The molecule has 1 aromatic rings. The Morgan fingerprint density at radius 1 is 1.55 bits per heavy atom. The van der Waals surface area contributed by atoms with E-state index in [1.807, 2.05) is 0 Å². The highest BCUT2D eigenvalue weighted by Gasteiger charge is 2.28. The maximum atomic E-state index is 11.0. The number of nitrogens with two attached hydrogens (primary N) is 1. The predicted molar refractivity (Wildman–Crippen MR) is 73.1 cm³/mol. The summed E-state index contributed by atoms with van der Waals surface area (Å²) in [6.07, 6.45) is 2.94. The molecular formula is C11H18N6O3. The maximum absolute atomic E-state index is 11.0. The average molecular weight is 282 g/mol. The zero-order valence-corrected chi connectivity index (χ0v) is 11.3. The van der Waals surface area contributed by atoms with E-state index in [-0.39, 0.29) is 22.9 Å². The third-order valence-corrected chi connectivity index (χ3v) is 3.48. The summed E-state index contributed by atoms with van der Waals surface area (Å²) in [5.74, 6) is 5.53. The lowest BCUT2D eigenvalue weighted by atomic mass is 9.82. The number of nitrogens with zero attached hydrogens (tertiary/aromatic N) is 3. The maximum Gasteiger partial charge on any atom is 0.329 e. The number of hydrogen-bond donors (Lipinski definition) is 3. The monoisotopic (exact) mass is 282 g/mol. The summed E-state index contributed by atoms with van der Waals surface area (Å²) in [7, 11) is 0. The summed E-state index contributed by atoms with van der Waals surface area (Å²) in [6, 6.07) is 0. The van der Waals surface area contributed by atoms with E-state index >= 15 is 0 Å². The molecule has 2 heterocycles. The Morgan fingerprint density at radius 2 is 2.25 bits per heavy atom. The number of ether oxygens (including phenoxy) is 1. The van der Waals surface area contributed by atoms with E-state index in [0.29, 0.717) is 19.8 Å². The average Bonchev–Trinajstić information content (AvgIpc) is 2.45. The zero-order chi connectivity index (χ0) is 14.6. The van der Waals surface area contributed by atoms with Gasteiger partial charge in [-0.1, -0.05) is 6.92 Å². The standard InChI is InChI=1S/C11H18N6O3/c1-11(2-4-20-5-3-11)7-14-9-8(17(18)19)6-13-10(15-9)16-12/h6H,2-5,7,12H2,1H3,(H2,13,14,15,16). The minimum absolute atomic E-state index is 0.0351. The lowest BCUT2D eigenvalue weighted by Crippen LogP contribution is -2.33. The summed E-state index contributed by atoms with van der Waals surface area (Å²) < 4.78 is 5.33. The summed E-state index contributed by atoms with van der Waals surface area (Å²) in [4.78, 5) is 18.2. The Bertz CT molecular complexity index is 489. The molecule has 1 aliphatic heterocycles. The first kappa shape index (κ1) is 14.4. The van der Waals surface area contributed by atoms with E-state index < -0.39 is 4.92 Å². The molecule has 1 aromatic heterocycles. The van der Waals surface area contributed by atoms with Gasteiger partial charge in [-0.25, -0.2) is 10.8 Å². The van der Waals surface area contributed by atoms with Crippen LogP contribution in [0.5, 0.6) is 0 Å². The van der Waals surface area contributed by atoms with Gasteiger partial charge in [0.05, 0.1) is 4.92 Å². The van der Waals surface area contributed by atoms with Gasteiger partial charge >= 0.3 is 5.69 Å². The molecule has 9 nitrogen and oxygen atoms in total. The molecule has 4 N–H and O–H groups in total. The fourth-order valence-electron chi connectivity index (χ4n) is 2.05. The minimum Gasteiger partial charge on any atom is -0.381 e. The summed E-state index contributed by atoms with van der Waals surface area (Å²) >= 11 is 0. The lowest BCUT2D eigenvalue weighted by Gasteiger charge is -2.33. The third kappa shape index (κ3) is 3.31. The van der Waals surface area contributed by atoms with Gasteiger partial charge < -0.3 is 10.1 Å². The summed E-state index contributed by atoms with van der Waals surface area (Å²) in [6.45, 7) is 4.12. The molecule has 1 saturated heterocycles. The van der Waals surface area contributed by atoms with Crippen molar-refractivity contribution in [2.24, 2.45) is 11.3 Å². The van der Waals surface area contributed by atoms with Crippen molar-refractivity contribution in [3.63, 3.8) is 0 Å². The van der Waals surface area contributed by atoms with Gasteiger partial charge in [0.1, 0.15) is 6.20 Å². The lowest BCUT2D eigenvalue weighted by molar-refractivity contribution is -0.384. The highest BCUT2D eigenvalue weighted by atomic mass is 16.6. The molecule has 0 unspecified atom stereocenters. The summed E-state index contributed by atoms with van der Waals surface area (Å²) in [5.41, 5.74) is 2.14. The van der Waals surface area contributed by atoms with Gasteiger partial charge in [0.2, 0.25) is 11.8 Å². The Hall–Kier alpha value is -2.00. The molecule has 0 spiro atoms. The van der Waals surface area contributed by atoms with Crippen molar-refractivity contribution < 1.29 is 9.66 Å². The van der Waals surface area contributed by atoms with Crippen molar-refractivity contribution >= 4 is 17.5 Å². The number of hydrazine groups is 1. The van der Waals surface area contributed by atoms with Gasteiger partial charge in [-0.15, -0.1) is 0 Å². The highest BCUT2D eigenvalue weighted by Crippen LogP contribution is 2.31. The second kappa shape index (κ2) is 5.97. The number of nitrogens with one attached hydrogen (secondary N) is 2. The molecule has 2 rings (SSSR count). The number of nitrogen functional groups attached to an aromatic ring is 1. The zero-order valence-electron chi connectivity index (χ0n) is 11.3. The third-order valence-electron chi connectivity index (χ3n) is 3.48. The van der Waals surface area contributed by atoms with E-state index in [1.54, 1.807) is 0 Å². The molecule has 0 radical (unpaired) electrons. The molecule has 110 valence electrons. The van der Waals surface area contributed by atoms with Crippen molar-refractivity contribution in [3.05, 3.63) is 16.3 Å². The molecule has 0 aromatic carbocycles. The topological polar surface area (TPSA) is 128 Å². The van der Waals surface area contributed by atoms with Gasteiger partial charge in [-0.2, -0.15) is 4.98 Å². The first-order chi connectivity index (χ1) is 9.54. The van der Waals surface area contributed by atoms with Crippen molar-refractivity contribution in [1.29, 1.82) is 0 Å². The molecular weight excluding hydrogens is 264 g/mol. The van der Waals surface area contributed by atoms with Crippen LogP contribution < -0.4 is 16.6 Å². The van der Waals surface area contributed by atoms with Crippen molar-refractivity contribution in [2.45, 2.75) is 19.8 Å². The molecule has 0 bridgehead atoms. The Balaban J connectivity index is 2.12. The van der Waals surface area contributed by atoms with Gasteiger partial charge in [0.25, 0.3) is 0 Å². The van der Waals surface area contributed by atoms with Crippen molar-refractivity contribution in [2.75, 3.05) is 30.5 Å². The van der Waals surface area contributed by atoms with E-state index in [9.17, 15) is 10.1 Å². The van der Waals surface area contributed by atoms with Gasteiger partial charge in [0.15, 0.2) is 0 Å². The van der Waals surface area contributed by atoms with E-state index in [2.05, 4.69) is 27.6 Å². The molecule has 20 heavy (non-hydrogen) atoms. The van der Waals surface area contributed by atoms with Crippen LogP contribution in [0.4, 0.5) is 17.5 Å². The van der Waals surface area contributed by atoms with Gasteiger partial charge in [-0.3, -0.25) is 15.5 Å². The largest absolute Gasteiger partial charge is 0.381 e. The fraction of sp³-hybridized carbons (Fsp3) is 0.636. The van der Waals surface area contributed by atoms with Crippen LogP contribution >= 0.6 is 0 Å². The molecule has 0 amide bonds. The Labute approximate surface area is 116 Å². The van der Waals surface area contributed by atoms with Crippen LogP contribution in [0.3, 0.4) is 0 Å². The van der Waals surface area contributed by atoms with Crippen LogP contribution in [0, 0.1) is 15.5 Å². The van der Waals surface area contributed by atoms with Crippen molar-refractivity contribution in [1.82, 2.24) is 9.97 Å². The number of rotatable bonds is 5. The molecule has 0 aliphatic carbocycles. The van der Waals surface area contributed by atoms with Gasteiger partial charge in [-0.05, 0) is 18.3 Å². The first-order valence-electron chi connectivity index (χ1n) is 6.34. The predicted octanol–water partition coefficient (Wildman–Crippen LogP) is 0.899. The smallest absolute Gasteiger partial charge is 0.329 e. The molecule has 9 heteroatoms. The van der Waals surface area contributed by atoms with E-state index in [1.165, 1.54) is 0 Å². The Morgan fingerprint density at radius 3 is 2.85 bits per heavy atom. The van der Waals surface area contributed by atoms with Crippen LogP contribution in [0.15, 0.2) is 6.20 Å². The second-order valence-corrected chi connectivity index (χ2v) is 5.11. The highest BCUT2D eigenvalue weighted by molar-refractivity contribution is 5.56. The van der Waals surface area contributed by atoms with E-state index in [4.69, 9.17) is 10.6 Å². The first-order valence-corrected chi connectivity index (χ1v) is 6.34. The van der Waals surface area contributed by atoms with Crippen LogP contribution in [0.25, 0.3) is 0 Å². The van der Waals surface area contributed by atoms with Gasteiger partial charge in [0, 0.05) is 19.8 Å². The van der Waals surface area contributed by atoms with Crippen LogP contribution in [-0.2, 0) is 4.74 Å². The van der Waals surface area contributed by atoms with Crippen LogP contribution in [-0.4, -0.2) is 34.6 Å². The minimum atomic E-state index is -0.519. The molecule has 0 saturated carbocycles. The van der Waals surface area contributed by atoms with E-state index in [0.717, 1.165) is 19.0 Å². The number of hydrogen-bond acceptors (Lipinski definition) is 8. The molecule has 1 aliphatic rings. The van der Waals surface area contributed by atoms with Crippen LogP contribution in [0.1, 0.15) is 19.8 Å². The summed E-state index contributed by atoms with van der Waals surface area (Å²) in [5, 5.41) is 14.0.